The molecule has 0 N–H and O–H groups in total. The molecule has 0 amide bonds. The van der Waals surface area contributed by atoms with Gasteiger partial charge in [0.2, 0.25) is 0 Å². The average molecular weight is 294 g/mol. The lowest BCUT2D eigenvalue weighted by atomic mass is 9.91. The molecule has 3 nitrogen and oxygen atoms in total. The first kappa shape index (κ1) is 14.5. The highest BCUT2D eigenvalue weighted by Gasteiger charge is 2.31. The van der Waals surface area contributed by atoms with Crippen molar-refractivity contribution in [1.82, 2.24) is 0 Å². The van der Waals surface area contributed by atoms with E-state index in [1.165, 1.54) is 0 Å². The van der Waals surface area contributed by atoms with Gasteiger partial charge in [0.05, 0.1) is 6.61 Å². The molecular formula is C19H18O3. The maximum Gasteiger partial charge on any atom is 0.336 e. The van der Waals surface area contributed by atoms with Gasteiger partial charge < -0.3 is 9.47 Å². The van der Waals surface area contributed by atoms with Crippen molar-refractivity contribution in [3.05, 3.63) is 83.9 Å². The maximum atomic E-state index is 12.4. The minimum Gasteiger partial charge on any atom is -0.459 e. The van der Waals surface area contributed by atoms with Gasteiger partial charge in [-0.25, -0.2) is 4.79 Å². The molecule has 2 aromatic carbocycles. The van der Waals surface area contributed by atoms with Crippen LogP contribution in [-0.4, -0.2) is 18.7 Å². The molecule has 0 fully saturated rings. The van der Waals surface area contributed by atoms with E-state index in [4.69, 9.17) is 9.47 Å². The van der Waals surface area contributed by atoms with E-state index in [9.17, 15) is 4.79 Å². The van der Waals surface area contributed by atoms with Gasteiger partial charge in [-0.1, -0.05) is 72.8 Å². The molecule has 2 atom stereocenters. The molecule has 22 heavy (non-hydrogen) atoms. The Morgan fingerprint density at radius 1 is 1.05 bits per heavy atom. The molecule has 0 aliphatic carbocycles. The van der Waals surface area contributed by atoms with Crippen LogP contribution in [0.5, 0.6) is 0 Å². The van der Waals surface area contributed by atoms with E-state index in [1.54, 1.807) is 0 Å². The third-order valence-electron chi connectivity index (χ3n) is 3.68. The lowest BCUT2D eigenvalue weighted by Crippen LogP contribution is -2.34. The van der Waals surface area contributed by atoms with Gasteiger partial charge in [0, 0.05) is 5.92 Å². The lowest BCUT2D eigenvalue weighted by molar-refractivity contribution is -0.159. The molecule has 1 aliphatic heterocycles. The SMILES string of the molecule is O=C(OCc1ccccc1)[C@H]1OCC=C[C@H]1c1ccccc1. The van der Waals surface area contributed by atoms with Crippen molar-refractivity contribution in [1.29, 1.82) is 0 Å². The van der Waals surface area contributed by atoms with Crippen LogP contribution in [0, 0.1) is 0 Å². The number of carbonyl (C=O) groups is 1. The zero-order valence-corrected chi connectivity index (χ0v) is 12.2. The normalized spacial score (nSPS) is 20.5. The molecule has 1 aliphatic rings. The number of rotatable bonds is 4. The van der Waals surface area contributed by atoms with Crippen LogP contribution >= 0.6 is 0 Å². The number of hydrogen-bond donors (Lipinski definition) is 0. The third-order valence-corrected chi connectivity index (χ3v) is 3.68. The van der Waals surface area contributed by atoms with E-state index in [-0.39, 0.29) is 18.5 Å². The number of ether oxygens (including phenoxy) is 2. The second-order valence-electron chi connectivity index (χ2n) is 5.21. The first-order valence-corrected chi connectivity index (χ1v) is 7.38. The summed E-state index contributed by atoms with van der Waals surface area (Å²) in [4.78, 5) is 12.4. The molecule has 0 aromatic heterocycles. The van der Waals surface area contributed by atoms with Crippen LogP contribution in [0.25, 0.3) is 0 Å². The number of carbonyl (C=O) groups excluding carboxylic acids is 1. The fraction of sp³-hybridized carbons (Fsp3) is 0.211. The molecule has 112 valence electrons. The molecule has 1 heterocycles. The van der Waals surface area contributed by atoms with Gasteiger partial charge >= 0.3 is 5.97 Å². The maximum absolute atomic E-state index is 12.4. The smallest absolute Gasteiger partial charge is 0.336 e. The average Bonchev–Trinajstić information content (AvgIpc) is 2.61. The first-order valence-electron chi connectivity index (χ1n) is 7.38. The van der Waals surface area contributed by atoms with E-state index in [2.05, 4.69) is 0 Å². The highest BCUT2D eigenvalue weighted by molar-refractivity contribution is 5.77. The van der Waals surface area contributed by atoms with E-state index < -0.39 is 6.10 Å². The summed E-state index contributed by atoms with van der Waals surface area (Å²) in [5.41, 5.74) is 2.03. The van der Waals surface area contributed by atoms with E-state index in [0.717, 1.165) is 11.1 Å². The summed E-state index contributed by atoms with van der Waals surface area (Å²) in [5, 5.41) is 0. The summed E-state index contributed by atoms with van der Waals surface area (Å²) in [5.74, 6) is -0.416. The minimum absolute atomic E-state index is 0.0989. The number of hydrogen-bond acceptors (Lipinski definition) is 3. The second-order valence-corrected chi connectivity index (χ2v) is 5.21. The van der Waals surface area contributed by atoms with Crippen molar-refractivity contribution < 1.29 is 14.3 Å². The fourth-order valence-corrected chi connectivity index (χ4v) is 2.55. The van der Waals surface area contributed by atoms with Crippen molar-refractivity contribution in [2.24, 2.45) is 0 Å². The van der Waals surface area contributed by atoms with E-state index in [0.29, 0.717) is 6.61 Å². The van der Waals surface area contributed by atoms with Gasteiger partial charge in [0.1, 0.15) is 6.61 Å². The zero-order valence-electron chi connectivity index (χ0n) is 12.2. The molecule has 0 bridgehead atoms. The molecule has 0 saturated carbocycles. The largest absolute Gasteiger partial charge is 0.459 e. The Morgan fingerprint density at radius 2 is 1.73 bits per heavy atom. The van der Waals surface area contributed by atoms with E-state index >= 15 is 0 Å². The van der Waals surface area contributed by atoms with Gasteiger partial charge in [-0.15, -0.1) is 0 Å². The van der Waals surface area contributed by atoms with Crippen molar-refractivity contribution in [2.45, 2.75) is 18.6 Å². The molecule has 2 aromatic rings. The highest BCUT2D eigenvalue weighted by Crippen LogP contribution is 2.27. The highest BCUT2D eigenvalue weighted by atomic mass is 16.6. The second kappa shape index (κ2) is 7.05. The summed E-state index contributed by atoms with van der Waals surface area (Å²) < 4.78 is 11.1. The number of benzene rings is 2. The lowest BCUT2D eigenvalue weighted by Gasteiger charge is -2.26. The predicted molar refractivity (Wildman–Crippen MR) is 84.3 cm³/mol. The summed E-state index contributed by atoms with van der Waals surface area (Å²) in [7, 11) is 0. The number of esters is 1. The quantitative estimate of drug-likeness (QED) is 0.640. The Bertz CT molecular complexity index is 634. The monoisotopic (exact) mass is 294 g/mol. The predicted octanol–water partition coefficient (Wildman–Crippen LogP) is 3.47. The summed E-state index contributed by atoms with van der Waals surface area (Å²) in [6.45, 7) is 0.708. The van der Waals surface area contributed by atoms with Crippen molar-refractivity contribution in [2.75, 3.05) is 6.61 Å². The van der Waals surface area contributed by atoms with Gasteiger partial charge in [-0.2, -0.15) is 0 Å². The molecule has 0 unspecified atom stereocenters. The van der Waals surface area contributed by atoms with Crippen LogP contribution in [0.15, 0.2) is 72.8 Å². The molecule has 0 saturated heterocycles. The molecule has 0 radical (unpaired) electrons. The van der Waals surface area contributed by atoms with Crippen LogP contribution in [-0.2, 0) is 20.9 Å². The van der Waals surface area contributed by atoms with Crippen LogP contribution in [0.2, 0.25) is 0 Å². The Balaban J connectivity index is 1.69. The molecule has 0 spiro atoms. The Labute approximate surface area is 130 Å². The molecular weight excluding hydrogens is 276 g/mol. The standard InChI is InChI=1S/C19H18O3/c20-19(22-14-15-8-3-1-4-9-15)18-17(12-7-13-21-18)16-10-5-2-6-11-16/h1-12,17-18H,13-14H2/t17-,18-/m0/s1. The summed E-state index contributed by atoms with van der Waals surface area (Å²) >= 11 is 0. The van der Waals surface area contributed by atoms with Crippen LogP contribution in [0.1, 0.15) is 17.0 Å². The minimum atomic E-state index is -0.587. The topological polar surface area (TPSA) is 35.5 Å². The third kappa shape index (κ3) is 3.43. The van der Waals surface area contributed by atoms with Gasteiger partial charge in [-0.05, 0) is 11.1 Å². The Hall–Kier alpha value is -2.39. The molecule has 3 rings (SSSR count). The van der Waals surface area contributed by atoms with Crippen LogP contribution < -0.4 is 0 Å². The van der Waals surface area contributed by atoms with Crippen LogP contribution in [0.4, 0.5) is 0 Å². The molecule has 3 heteroatoms. The van der Waals surface area contributed by atoms with Crippen molar-refractivity contribution >= 4 is 5.97 Å². The van der Waals surface area contributed by atoms with Gasteiger partial charge in [-0.3, -0.25) is 0 Å². The van der Waals surface area contributed by atoms with Crippen LogP contribution in [0.3, 0.4) is 0 Å². The van der Waals surface area contributed by atoms with Crippen molar-refractivity contribution in [3.8, 4) is 0 Å². The van der Waals surface area contributed by atoms with Gasteiger partial charge in [0.25, 0.3) is 0 Å². The fourth-order valence-electron chi connectivity index (χ4n) is 2.55. The first-order chi connectivity index (χ1) is 10.8. The zero-order chi connectivity index (χ0) is 15.2. The summed E-state index contributed by atoms with van der Waals surface area (Å²) in [6.07, 6.45) is 3.38. The Morgan fingerprint density at radius 3 is 2.45 bits per heavy atom. The Kier molecular flexibility index (Phi) is 4.66. The van der Waals surface area contributed by atoms with Crippen molar-refractivity contribution in [3.63, 3.8) is 0 Å². The van der Waals surface area contributed by atoms with E-state index in [1.807, 2.05) is 72.8 Å². The summed E-state index contributed by atoms with van der Waals surface area (Å²) in [6, 6.07) is 19.5. The van der Waals surface area contributed by atoms with Gasteiger partial charge in [0.15, 0.2) is 6.10 Å².